The number of carbonyl (C=O) groups is 1. The summed E-state index contributed by atoms with van der Waals surface area (Å²) in [6, 6.07) is 12.9. The number of nitriles is 1. The number of nitrogens with zero attached hydrogens (tertiary/aromatic N) is 5. The molecule has 29 heavy (non-hydrogen) atoms. The van der Waals surface area contributed by atoms with E-state index in [0.717, 1.165) is 5.56 Å². The van der Waals surface area contributed by atoms with Gasteiger partial charge >= 0.3 is 0 Å². The van der Waals surface area contributed by atoms with Crippen LogP contribution in [-0.4, -0.2) is 37.9 Å². The molecular formula is C21H21N5O2S. The molecule has 0 aliphatic rings. The van der Waals surface area contributed by atoms with E-state index in [0.29, 0.717) is 41.9 Å². The van der Waals surface area contributed by atoms with Crippen molar-refractivity contribution >= 4 is 17.7 Å². The van der Waals surface area contributed by atoms with Crippen LogP contribution in [0.4, 0.5) is 0 Å². The lowest BCUT2D eigenvalue weighted by atomic mass is 10.1. The topological polar surface area (TPSA) is 87.9 Å². The summed E-state index contributed by atoms with van der Waals surface area (Å²) in [5.74, 6) is 1.50. The van der Waals surface area contributed by atoms with Gasteiger partial charge in [-0.2, -0.15) is 5.26 Å². The zero-order valence-corrected chi connectivity index (χ0v) is 16.9. The molecule has 0 fully saturated rings. The first kappa shape index (κ1) is 20.4. The largest absolute Gasteiger partial charge is 0.461 e. The Morgan fingerprint density at radius 2 is 2.14 bits per heavy atom. The summed E-state index contributed by atoms with van der Waals surface area (Å²) in [6.45, 7) is 7.31. The van der Waals surface area contributed by atoms with Gasteiger partial charge in [0.2, 0.25) is 5.91 Å². The maximum absolute atomic E-state index is 12.8. The fourth-order valence-corrected chi connectivity index (χ4v) is 3.71. The molecule has 0 aliphatic heterocycles. The summed E-state index contributed by atoms with van der Waals surface area (Å²) in [5.41, 5.74) is 1.55. The van der Waals surface area contributed by atoms with Gasteiger partial charge in [0.05, 0.1) is 23.6 Å². The molecule has 0 N–H and O–H groups in total. The first-order chi connectivity index (χ1) is 14.2. The highest BCUT2D eigenvalue weighted by Crippen LogP contribution is 2.24. The van der Waals surface area contributed by atoms with Gasteiger partial charge in [-0.1, -0.05) is 30.0 Å². The fourth-order valence-electron chi connectivity index (χ4n) is 2.80. The lowest BCUT2D eigenvalue weighted by Gasteiger charge is -2.21. The normalized spacial score (nSPS) is 10.5. The number of carbonyl (C=O) groups excluding carboxylic acids is 1. The van der Waals surface area contributed by atoms with Gasteiger partial charge in [-0.15, -0.1) is 16.8 Å². The Morgan fingerprint density at radius 1 is 1.34 bits per heavy atom. The Balaban J connectivity index is 1.67. The predicted molar refractivity (Wildman–Crippen MR) is 111 cm³/mol. The number of benzene rings is 1. The van der Waals surface area contributed by atoms with Gasteiger partial charge in [-0.3, -0.25) is 9.36 Å². The van der Waals surface area contributed by atoms with Crippen LogP contribution in [0.3, 0.4) is 0 Å². The van der Waals surface area contributed by atoms with Gasteiger partial charge < -0.3 is 9.32 Å². The third-order valence-electron chi connectivity index (χ3n) is 4.26. The smallest absolute Gasteiger partial charge is 0.233 e. The molecule has 1 aromatic carbocycles. The Kier molecular flexibility index (Phi) is 6.87. The van der Waals surface area contributed by atoms with Gasteiger partial charge in [0.1, 0.15) is 0 Å². The zero-order chi connectivity index (χ0) is 20.6. The number of furan rings is 1. The van der Waals surface area contributed by atoms with Crippen LogP contribution in [0.15, 0.2) is 64.9 Å². The highest BCUT2D eigenvalue weighted by atomic mass is 32.2. The van der Waals surface area contributed by atoms with Crippen molar-refractivity contribution in [1.82, 2.24) is 19.7 Å². The molecule has 2 aromatic heterocycles. The van der Waals surface area contributed by atoms with Gasteiger partial charge in [-0.05, 0) is 36.8 Å². The van der Waals surface area contributed by atoms with Crippen LogP contribution in [0, 0.1) is 11.3 Å². The minimum atomic E-state index is -0.0236. The van der Waals surface area contributed by atoms with Crippen molar-refractivity contribution in [3.8, 4) is 17.7 Å². The van der Waals surface area contributed by atoms with E-state index in [9.17, 15) is 4.79 Å². The minimum Gasteiger partial charge on any atom is -0.461 e. The highest BCUT2D eigenvalue weighted by molar-refractivity contribution is 7.99. The number of aromatic nitrogens is 3. The predicted octanol–water partition coefficient (Wildman–Crippen LogP) is 3.74. The van der Waals surface area contributed by atoms with E-state index >= 15 is 0 Å². The molecular weight excluding hydrogens is 386 g/mol. The summed E-state index contributed by atoms with van der Waals surface area (Å²) >= 11 is 1.35. The first-order valence-electron chi connectivity index (χ1n) is 9.13. The molecule has 0 spiro atoms. The number of hydrogen-bond acceptors (Lipinski definition) is 6. The van der Waals surface area contributed by atoms with E-state index in [1.165, 1.54) is 11.8 Å². The summed E-state index contributed by atoms with van der Waals surface area (Å²) in [5, 5.41) is 18.0. The third kappa shape index (κ3) is 4.95. The molecule has 0 unspecified atom stereocenters. The van der Waals surface area contributed by atoms with Crippen molar-refractivity contribution in [2.45, 2.75) is 25.2 Å². The molecule has 148 valence electrons. The number of thioether (sulfide) groups is 1. The third-order valence-corrected chi connectivity index (χ3v) is 5.21. The highest BCUT2D eigenvalue weighted by Gasteiger charge is 2.18. The molecule has 0 saturated heterocycles. The Hall–Kier alpha value is -3.31. The molecule has 0 aliphatic carbocycles. The van der Waals surface area contributed by atoms with E-state index in [2.05, 4.69) is 22.8 Å². The standard InChI is InChI=1S/C21H21N5O2S/c1-3-11-25(14-17-9-7-16(13-22)8-10-17)19(27)15-29-21-24-23-20(26(21)4-2)18-6-5-12-28-18/h3,5-10,12H,1,4,11,14-15H2,2H3. The Labute approximate surface area is 173 Å². The second kappa shape index (κ2) is 9.75. The molecule has 0 radical (unpaired) electrons. The molecule has 0 saturated carbocycles. The number of amides is 1. The maximum Gasteiger partial charge on any atom is 0.233 e. The first-order valence-corrected chi connectivity index (χ1v) is 10.1. The molecule has 7 nitrogen and oxygen atoms in total. The number of rotatable bonds is 9. The molecule has 1 amide bonds. The van der Waals surface area contributed by atoms with Crippen LogP contribution in [0.5, 0.6) is 0 Å². The average molecular weight is 407 g/mol. The van der Waals surface area contributed by atoms with E-state index in [4.69, 9.17) is 9.68 Å². The minimum absolute atomic E-state index is 0.0236. The lowest BCUT2D eigenvalue weighted by molar-refractivity contribution is -0.128. The average Bonchev–Trinajstić information content (AvgIpc) is 3.41. The quantitative estimate of drug-likeness (QED) is 0.397. The molecule has 0 bridgehead atoms. The maximum atomic E-state index is 12.8. The van der Waals surface area contributed by atoms with Gasteiger partial charge in [0.15, 0.2) is 16.7 Å². The summed E-state index contributed by atoms with van der Waals surface area (Å²) in [4.78, 5) is 14.5. The zero-order valence-electron chi connectivity index (χ0n) is 16.1. The van der Waals surface area contributed by atoms with Crippen LogP contribution in [0.1, 0.15) is 18.1 Å². The molecule has 2 heterocycles. The SMILES string of the molecule is C=CCN(Cc1ccc(C#N)cc1)C(=O)CSc1nnc(-c2ccco2)n1CC. The van der Waals surface area contributed by atoms with Crippen LogP contribution >= 0.6 is 11.8 Å². The van der Waals surface area contributed by atoms with Crippen molar-refractivity contribution in [1.29, 1.82) is 5.26 Å². The van der Waals surface area contributed by atoms with Crippen LogP contribution in [0.2, 0.25) is 0 Å². The molecule has 0 atom stereocenters. The fraction of sp³-hybridized carbons (Fsp3) is 0.238. The van der Waals surface area contributed by atoms with Crippen molar-refractivity contribution in [2.24, 2.45) is 0 Å². The second-order valence-corrected chi connectivity index (χ2v) is 7.13. The van der Waals surface area contributed by atoms with Crippen molar-refractivity contribution in [3.05, 3.63) is 66.4 Å². The van der Waals surface area contributed by atoms with Crippen molar-refractivity contribution in [3.63, 3.8) is 0 Å². The second-order valence-electron chi connectivity index (χ2n) is 6.19. The monoisotopic (exact) mass is 407 g/mol. The Morgan fingerprint density at radius 3 is 2.76 bits per heavy atom. The van der Waals surface area contributed by atoms with Gasteiger partial charge in [0.25, 0.3) is 0 Å². The van der Waals surface area contributed by atoms with Gasteiger partial charge in [0, 0.05) is 19.6 Å². The van der Waals surface area contributed by atoms with Crippen molar-refractivity contribution in [2.75, 3.05) is 12.3 Å². The van der Waals surface area contributed by atoms with E-state index in [-0.39, 0.29) is 11.7 Å². The Bertz CT molecular complexity index is 1000. The van der Waals surface area contributed by atoms with Crippen LogP contribution in [-0.2, 0) is 17.9 Å². The van der Waals surface area contributed by atoms with Crippen molar-refractivity contribution < 1.29 is 9.21 Å². The summed E-state index contributed by atoms with van der Waals surface area (Å²) in [7, 11) is 0. The van der Waals surface area contributed by atoms with E-state index in [1.807, 2.05) is 29.7 Å². The van der Waals surface area contributed by atoms with E-state index in [1.54, 1.807) is 35.4 Å². The van der Waals surface area contributed by atoms with E-state index < -0.39 is 0 Å². The number of hydrogen-bond donors (Lipinski definition) is 0. The molecule has 3 aromatic rings. The van der Waals surface area contributed by atoms with Crippen LogP contribution < -0.4 is 0 Å². The van der Waals surface area contributed by atoms with Gasteiger partial charge in [-0.25, -0.2) is 0 Å². The molecule has 8 heteroatoms. The summed E-state index contributed by atoms with van der Waals surface area (Å²) in [6.07, 6.45) is 3.30. The summed E-state index contributed by atoms with van der Waals surface area (Å²) < 4.78 is 7.34. The van der Waals surface area contributed by atoms with Crippen LogP contribution in [0.25, 0.3) is 11.6 Å². The molecule has 3 rings (SSSR count). The lowest BCUT2D eigenvalue weighted by Crippen LogP contribution is -2.32.